The Kier molecular flexibility index (Phi) is 4.85. The average Bonchev–Trinajstić information content (AvgIpc) is 2.43. The predicted octanol–water partition coefficient (Wildman–Crippen LogP) is 2.70. The van der Waals surface area contributed by atoms with Crippen molar-refractivity contribution in [3.05, 3.63) is 64.7 Å². The lowest BCUT2D eigenvalue weighted by atomic mass is 10.1. The Labute approximate surface area is 116 Å². The molecule has 100 valence electrons. The first-order valence-electron chi connectivity index (χ1n) is 5.89. The first kappa shape index (κ1) is 13.9. The van der Waals surface area contributed by atoms with Crippen molar-refractivity contribution in [2.45, 2.75) is 12.6 Å². The highest BCUT2D eigenvalue weighted by atomic mass is 35.5. The van der Waals surface area contributed by atoms with Gasteiger partial charge in [-0.2, -0.15) is 0 Å². The molecule has 2 rings (SSSR count). The van der Waals surface area contributed by atoms with E-state index in [1.807, 2.05) is 0 Å². The van der Waals surface area contributed by atoms with Gasteiger partial charge in [0.1, 0.15) is 5.82 Å². The normalized spacial score (nSPS) is 12.4. The van der Waals surface area contributed by atoms with Gasteiger partial charge in [0.25, 0.3) is 0 Å². The van der Waals surface area contributed by atoms with E-state index in [0.717, 1.165) is 5.56 Å². The number of rotatable bonds is 5. The minimum Gasteiger partial charge on any atom is -0.387 e. The Morgan fingerprint density at radius 1 is 1.37 bits per heavy atom. The van der Waals surface area contributed by atoms with Crippen molar-refractivity contribution in [2.75, 3.05) is 6.54 Å². The summed E-state index contributed by atoms with van der Waals surface area (Å²) in [6.07, 6.45) is 2.58. The molecule has 3 nitrogen and oxygen atoms in total. The van der Waals surface area contributed by atoms with E-state index in [2.05, 4.69) is 10.3 Å². The summed E-state index contributed by atoms with van der Waals surface area (Å²) >= 11 is 5.80. The summed E-state index contributed by atoms with van der Waals surface area (Å²) in [5.74, 6) is -0.312. The van der Waals surface area contributed by atoms with Gasteiger partial charge in [0, 0.05) is 41.6 Å². The van der Waals surface area contributed by atoms with E-state index < -0.39 is 6.10 Å². The molecule has 1 aromatic carbocycles. The van der Waals surface area contributed by atoms with Crippen molar-refractivity contribution in [3.8, 4) is 0 Å². The van der Waals surface area contributed by atoms with E-state index in [4.69, 9.17) is 11.6 Å². The second-order valence-electron chi connectivity index (χ2n) is 4.17. The number of halogens is 2. The number of pyridine rings is 1. The lowest BCUT2D eigenvalue weighted by Crippen LogP contribution is -2.21. The molecule has 0 fully saturated rings. The van der Waals surface area contributed by atoms with E-state index in [1.165, 1.54) is 12.1 Å². The molecule has 0 saturated carbocycles. The van der Waals surface area contributed by atoms with Gasteiger partial charge in [0.2, 0.25) is 0 Å². The molecule has 0 radical (unpaired) electrons. The number of aliphatic hydroxyl groups is 1. The third-order valence-electron chi connectivity index (χ3n) is 2.73. The van der Waals surface area contributed by atoms with Gasteiger partial charge in [-0.3, -0.25) is 4.98 Å². The maximum Gasteiger partial charge on any atom is 0.127 e. The lowest BCUT2D eigenvalue weighted by Gasteiger charge is -2.12. The highest BCUT2D eigenvalue weighted by Gasteiger charge is 2.08. The van der Waals surface area contributed by atoms with Gasteiger partial charge in [-0.1, -0.05) is 17.7 Å². The Hall–Kier alpha value is -1.49. The van der Waals surface area contributed by atoms with Gasteiger partial charge in [-0.15, -0.1) is 0 Å². The lowest BCUT2D eigenvalue weighted by molar-refractivity contribution is 0.174. The highest BCUT2D eigenvalue weighted by molar-refractivity contribution is 6.30. The molecule has 0 aliphatic carbocycles. The van der Waals surface area contributed by atoms with Gasteiger partial charge in [0.15, 0.2) is 0 Å². The van der Waals surface area contributed by atoms with Crippen LogP contribution in [0.2, 0.25) is 5.02 Å². The number of hydrogen-bond donors (Lipinski definition) is 2. The van der Waals surface area contributed by atoms with Crippen LogP contribution in [0.15, 0.2) is 42.7 Å². The monoisotopic (exact) mass is 280 g/mol. The highest BCUT2D eigenvalue weighted by Crippen LogP contribution is 2.15. The molecule has 0 bridgehead atoms. The third kappa shape index (κ3) is 3.99. The van der Waals surface area contributed by atoms with Gasteiger partial charge in [-0.25, -0.2) is 4.39 Å². The molecule has 19 heavy (non-hydrogen) atoms. The zero-order chi connectivity index (χ0) is 13.7. The van der Waals surface area contributed by atoms with E-state index in [9.17, 15) is 9.50 Å². The van der Waals surface area contributed by atoms with Crippen molar-refractivity contribution >= 4 is 11.6 Å². The fourth-order valence-corrected chi connectivity index (χ4v) is 1.91. The molecule has 1 aromatic heterocycles. The molecule has 0 amide bonds. The average molecular weight is 281 g/mol. The fraction of sp³-hybridized carbons (Fsp3) is 0.214. The van der Waals surface area contributed by atoms with E-state index in [0.29, 0.717) is 23.7 Å². The Morgan fingerprint density at radius 2 is 2.21 bits per heavy atom. The van der Waals surface area contributed by atoms with Crippen LogP contribution in [0.1, 0.15) is 17.2 Å². The summed E-state index contributed by atoms with van der Waals surface area (Å²) in [5.41, 5.74) is 1.20. The van der Waals surface area contributed by atoms with Crippen LogP contribution in [-0.4, -0.2) is 16.6 Å². The van der Waals surface area contributed by atoms with Gasteiger partial charge in [0.05, 0.1) is 6.10 Å². The molecule has 1 heterocycles. The molecular weight excluding hydrogens is 267 g/mol. The van der Waals surface area contributed by atoms with Crippen molar-refractivity contribution < 1.29 is 9.50 Å². The molecule has 5 heteroatoms. The van der Waals surface area contributed by atoms with Crippen LogP contribution in [0.25, 0.3) is 0 Å². The number of benzene rings is 1. The maximum absolute atomic E-state index is 13.4. The minimum absolute atomic E-state index is 0.309. The van der Waals surface area contributed by atoms with Gasteiger partial charge < -0.3 is 10.4 Å². The van der Waals surface area contributed by atoms with E-state index >= 15 is 0 Å². The van der Waals surface area contributed by atoms with Gasteiger partial charge >= 0.3 is 0 Å². The predicted molar refractivity (Wildman–Crippen MR) is 72.3 cm³/mol. The molecule has 0 aliphatic rings. The van der Waals surface area contributed by atoms with Crippen LogP contribution in [0, 0.1) is 5.82 Å². The first-order valence-corrected chi connectivity index (χ1v) is 6.27. The quantitative estimate of drug-likeness (QED) is 0.885. The van der Waals surface area contributed by atoms with Crippen LogP contribution in [0.4, 0.5) is 4.39 Å². The second-order valence-corrected chi connectivity index (χ2v) is 4.61. The number of aliphatic hydroxyl groups excluding tert-OH is 1. The Morgan fingerprint density at radius 3 is 2.95 bits per heavy atom. The summed E-state index contributed by atoms with van der Waals surface area (Å²) in [6.45, 7) is 0.626. The topological polar surface area (TPSA) is 45.1 Å². The largest absolute Gasteiger partial charge is 0.387 e. The molecule has 1 atom stereocenters. The molecular formula is C14H14ClFN2O. The molecule has 0 saturated heterocycles. The zero-order valence-corrected chi connectivity index (χ0v) is 10.9. The standard InChI is InChI=1S/C14H14ClFN2O/c15-12-3-4-13(16)11(6-12)8-18-9-14(19)10-2-1-5-17-7-10/h1-7,14,18-19H,8-9H2. The van der Waals surface area contributed by atoms with Crippen LogP contribution >= 0.6 is 11.6 Å². The molecule has 1 unspecified atom stereocenters. The first-order chi connectivity index (χ1) is 9.16. The van der Waals surface area contributed by atoms with E-state index in [-0.39, 0.29) is 5.82 Å². The SMILES string of the molecule is OC(CNCc1cc(Cl)ccc1F)c1cccnc1. The number of aromatic nitrogens is 1. The fourth-order valence-electron chi connectivity index (χ4n) is 1.71. The van der Waals surface area contributed by atoms with Crippen LogP contribution < -0.4 is 5.32 Å². The number of nitrogens with zero attached hydrogens (tertiary/aromatic N) is 1. The summed E-state index contributed by atoms with van der Waals surface area (Å²) in [6, 6.07) is 7.95. The maximum atomic E-state index is 13.4. The summed E-state index contributed by atoms with van der Waals surface area (Å²) < 4.78 is 13.4. The number of nitrogens with one attached hydrogen (secondary N) is 1. The van der Waals surface area contributed by atoms with E-state index in [1.54, 1.807) is 30.6 Å². The van der Waals surface area contributed by atoms with Crippen LogP contribution in [-0.2, 0) is 6.54 Å². The minimum atomic E-state index is -0.670. The summed E-state index contributed by atoms with van der Waals surface area (Å²) in [4.78, 5) is 3.93. The summed E-state index contributed by atoms with van der Waals surface area (Å²) in [5, 5.41) is 13.4. The molecule has 0 aliphatic heterocycles. The van der Waals surface area contributed by atoms with Crippen LogP contribution in [0.5, 0.6) is 0 Å². The Bertz CT molecular complexity index is 536. The molecule has 0 spiro atoms. The van der Waals surface area contributed by atoms with Crippen molar-refractivity contribution in [2.24, 2.45) is 0 Å². The van der Waals surface area contributed by atoms with Crippen molar-refractivity contribution in [3.63, 3.8) is 0 Å². The summed E-state index contributed by atoms with van der Waals surface area (Å²) in [7, 11) is 0. The third-order valence-corrected chi connectivity index (χ3v) is 2.97. The van der Waals surface area contributed by atoms with Crippen LogP contribution in [0.3, 0.4) is 0 Å². The second kappa shape index (κ2) is 6.61. The Balaban J connectivity index is 1.88. The molecule has 2 aromatic rings. The van der Waals surface area contributed by atoms with Crippen molar-refractivity contribution in [1.29, 1.82) is 0 Å². The zero-order valence-electron chi connectivity index (χ0n) is 10.2. The van der Waals surface area contributed by atoms with Gasteiger partial charge in [-0.05, 0) is 24.3 Å². The molecule has 2 N–H and O–H groups in total. The van der Waals surface area contributed by atoms with Crippen molar-refractivity contribution in [1.82, 2.24) is 10.3 Å². The smallest absolute Gasteiger partial charge is 0.127 e. The number of hydrogen-bond acceptors (Lipinski definition) is 3.